The molecule has 5 heteroatoms. The molecule has 1 atom stereocenters. The Morgan fingerprint density at radius 1 is 1.53 bits per heavy atom. The summed E-state index contributed by atoms with van der Waals surface area (Å²) in [6.07, 6.45) is 1.38. The van der Waals surface area contributed by atoms with Crippen molar-refractivity contribution in [2.24, 2.45) is 5.73 Å². The third kappa shape index (κ3) is 5.71. The van der Waals surface area contributed by atoms with Crippen LogP contribution in [0.1, 0.15) is 19.8 Å². The van der Waals surface area contributed by atoms with Crippen molar-refractivity contribution in [1.82, 2.24) is 4.90 Å². The molecule has 0 radical (unpaired) electrons. The van der Waals surface area contributed by atoms with E-state index < -0.39 is 6.04 Å². The van der Waals surface area contributed by atoms with Gasteiger partial charge in [0.1, 0.15) is 0 Å². The third-order valence-electron chi connectivity index (χ3n) is 2.13. The molecule has 0 aliphatic heterocycles. The van der Waals surface area contributed by atoms with Crippen molar-refractivity contribution in [3.8, 4) is 0 Å². The zero-order valence-corrected chi connectivity index (χ0v) is 9.61. The van der Waals surface area contributed by atoms with Gasteiger partial charge in [0.2, 0.25) is 5.91 Å². The van der Waals surface area contributed by atoms with E-state index in [-0.39, 0.29) is 12.5 Å². The molecule has 0 aliphatic rings. The van der Waals surface area contributed by atoms with Crippen LogP contribution >= 0.6 is 0 Å². The molecule has 0 saturated carbocycles. The summed E-state index contributed by atoms with van der Waals surface area (Å²) >= 11 is 0. The van der Waals surface area contributed by atoms with Crippen LogP contribution in [-0.2, 0) is 9.53 Å². The molecule has 0 spiro atoms. The summed E-state index contributed by atoms with van der Waals surface area (Å²) in [7, 11) is 1.58. The molecule has 0 bridgehead atoms. The van der Waals surface area contributed by atoms with Crippen molar-refractivity contribution in [2.45, 2.75) is 25.8 Å². The minimum Gasteiger partial charge on any atom is -0.395 e. The van der Waals surface area contributed by atoms with E-state index in [4.69, 9.17) is 15.6 Å². The van der Waals surface area contributed by atoms with E-state index in [0.717, 1.165) is 6.42 Å². The summed E-state index contributed by atoms with van der Waals surface area (Å²) in [6, 6.07) is -0.525. The van der Waals surface area contributed by atoms with Crippen LogP contribution in [0.2, 0.25) is 0 Å². The van der Waals surface area contributed by atoms with Crippen molar-refractivity contribution >= 4 is 5.91 Å². The van der Waals surface area contributed by atoms with E-state index in [1.165, 1.54) is 0 Å². The fourth-order valence-electron chi connectivity index (χ4n) is 1.33. The first-order chi connectivity index (χ1) is 7.17. The molecular formula is C10H22N2O3. The Balaban J connectivity index is 4.08. The van der Waals surface area contributed by atoms with Gasteiger partial charge >= 0.3 is 0 Å². The number of aliphatic hydroxyl groups is 1. The molecule has 15 heavy (non-hydrogen) atoms. The zero-order valence-electron chi connectivity index (χ0n) is 9.61. The molecule has 1 unspecified atom stereocenters. The number of hydrogen-bond donors (Lipinski definition) is 2. The van der Waals surface area contributed by atoms with Crippen LogP contribution in [0.4, 0.5) is 0 Å². The van der Waals surface area contributed by atoms with Crippen LogP contribution in [0.5, 0.6) is 0 Å². The first-order valence-electron chi connectivity index (χ1n) is 5.31. The normalized spacial score (nSPS) is 12.5. The Morgan fingerprint density at radius 3 is 2.67 bits per heavy atom. The number of carbonyl (C=O) groups is 1. The zero-order chi connectivity index (χ0) is 11.7. The highest BCUT2D eigenvalue weighted by Crippen LogP contribution is 1.99. The number of rotatable bonds is 8. The monoisotopic (exact) mass is 218 g/mol. The fraction of sp³-hybridized carbons (Fsp3) is 0.900. The van der Waals surface area contributed by atoms with Gasteiger partial charge in [-0.3, -0.25) is 4.79 Å². The molecule has 0 fully saturated rings. The number of carbonyl (C=O) groups excluding carboxylic acids is 1. The number of nitrogens with zero attached hydrogens (tertiary/aromatic N) is 1. The molecule has 1 amide bonds. The lowest BCUT2D eigenvalue weighted by molar-refractivity contribution is -0.133. The molecule has 3 N–H and O–H groups in total. The Kier molecular flexibility index (Phi) is 8.27. The Morgan fingerprint density at radius 2 is 2.20 bits per heavy atom. The lowest BCUT2D eigenvalue weighted by Gasteiger charge is -2.24. The molecular weight excluding hydrogens is 196 g/mol. The molecule has 90 valence electrons. The van der Waals surface area contributed by atoms with Gasteiger partial charge < -0.3 is 20.5 Å². The largest absolute Gasteiger partial charge is 0.395 e. The fourth-order valence-corrected chi connectivity index (χ4v) is 1.33. The van der Waals surface area contributed by atoms with Crippen molar-refractivity contribution in [2.75, 3.05) is 33.4 Å². The summed E-state index contributed by atoms with van der Waals surface area (Å²) in [5.41, 5.74) is 5.71. The lowest BCUT2D eigenvalue weighted by atomic mass is 10.2. The number of ether oxygens (including phenoxy) is 1. The SMILES string of the molecule is CCCN(CCO)C(=O)C(N)CCOC. The van der Waals surface area contributed by atoms with Crippen molar-refractivity contribution in [3.63, 3.8) is 0 Å². The molecule has 0 heterocycles. The van der Waals surface area contributed by atoms with Gasteiger partial charge in [0.25, 0.3) is 0 Å². The van der Waals surface area contributed by atoms with Crippen LogP contribution < -0.4 is 5.73 Å². The minimum atomic E-state index is -0.525. The Labute approximate surface area is 91.2 Å². The second kappa shape index (κ2) is 8.64. The second-order valence-electron chi connectivity index (χ2n) is 3.44. The van der Waals surface area contributed by atoms with Gasteiger partial charge in [-0.05, 0) is 12.8 Å². The highest BCUT2D eigenvalue weighted by molar-refractivity contribution is 5.81. The van der Waals surface area contributed by atoms with E-state index in [1.807, 2.05) is 6.92 Å². The topological polar surface area (TPSA) is 75.8 Å². The predicted octanol–water partition coefficient (Wildman–Crippen LogP) is -0.419. The predicted molar refractivity (Wildman–Crippen MR) is 58.4 cm³/mol. The second-order valence-corrected chi connectivity index (χ2v) is 3.44. The average Bonchev–Trinajstić information content (AvgIpc) is 2.24. The standard InChI is InChI=1S/C10H22N2O3/c1-3-5-12(6-7-13)10(14)9(11)4-8-15-2/h9,13H,3-8,11H2,1-2H3. The summed E-state index contributed by atoms with van der Waals surface area (Å²) in [5.74, 6) is -0.108. The molecule has 0 aromatic rings. The van der Waals surface area contributed by atoms with Crippen LogP contribution in [-0.4, -0.2) is 55.4 Å². The van der Waals surface area contributed by atoms with Crippen molar-refractivity contribution < 1.29 is 14.6 Å². The van der Waals surface area contributed by atoms with Gasteiger partial charge in [-0.25, -0.2) is 0 Å². The van der Waals surface area contributed by atoms with E-state index >= 15 is 0 Å². The molecule has 5 nitrogen and oxygen atoms in total. The maximum Gasteiger partial charge on any atom is 0.239 e. The van der Waals surface area contributed by atoms with Gasteiger partial charge in [-0.2, -0.15) is 0 Å². The van der Waals surface area contributed by atoms with Crippen LogP contribution in [0.25, 0.3) is 0 Å². The van der Waals surface area contributed by atoms with E-state index in [2.05, 4.69) is 0 Å². The average molecular weight is 218 g/mol. The van der Waals surface area contributed by atoms with Gasteiger partial charge in [-0.1, -0.05) is 6.92 Å². The Hall–Kier alpha value is -0.650. The van der Waals surface area contributed by atoms with Crippen LogP contribution in [0.15, 0.2) is 0 Å². The summed E-state index contributed by atoms with van der Waals surface area (Å²) in [6.45, 7) is 3.43. The van der Waals surface area contributed by atoms with Gasteiger partial charge in [0.15, 0.2) is 0 Å². The van der Waals surface area contributed by atoms with Crippen molar-refractivity contribution in [3.05, 3.63) is 0 Å². The quantitative estimate of drug-likeness (QED) is 0.580. The number of hydrogen-bond acceptors (Lipinski definition) is 4. The first-order valence-corrected chi connectivity index (χ1v) is 5.31. The van der Waals surface area contributed by atoms with Gasteiger partial charge in [0.05, 0.1) is 12.6 Å². The summed E-state index contributed by atoms with van der Waals surface area (Å²) in [4.78, 5) is 13.4. The molecule has 0 aromatic carbocycles. The smallest absolute Gasteiger partial charge is 0.239 e. The highest BCUT2D eigenvalue weighted by Gasteiger charge is 2.19. The van der Waals surface area contributed by atoms with Crippen LogP contribution in [0.3, 0.4) is 0 Å². The van der Waals surface area contributed by atoms with E-state index in [1.54, 1.807) is 12.0 Å². The first kappa shape index (κ1) is 14.3. The number of amides is 1. The summed E-state index contributed by atoms with van der Waals surface area (Å²) in [5, 5.41) is 8.81. The molecule has 0 saturated heterocycles. The van der Waals surface area contributed by atoms with Gasteiger partial charge in [0, 0.05) is 26.8 Å². The maximum atomic E-state index is 11.8. The number of methoxy groups -OCH3 is 1. The van der Waals surface area contributed by atoms with Crippen molar-refractivity contribution in [1.29, 1.82) is 0 Å². The maximum absolute atomic E-state index is 11.8. The molecule has 0 rings (SSSR count). The minimum absolute atomic E-state index is 0.0251. The molecule has 0 aromatic heterocycles. The number of nitrogens with two attached hydrogens (primary N) is 1. The van der Waals surface area contributed by atoms with E-state index in [9.17, 15) is 4.79 Å². The van der Waals surface area contributed by atoms with E-state index in [0.29, 0.717) is 26.1 Å². The van der Waals surface area contributed by atoms with Crippen LogP contribution in [0, 0.1) is 0 Å². The van der Waals surface area contributed by atoms with Gasteiger partial charge in [-0.15, -0.1) is 0 Å². The molecule has 0 aliphatic carbocycles. The number of aliphatic hydroxyl groups excluding tert-OH is 1. The highest BCUT2D eigenvalue weighted by atomic mass is 16.5. The lowest BCUT2D eigenvalue weighted by Crippen LogP contribution is -2.45. The summed E-state index contributed by atoms with van der Waals surface area (Å²) < 4.78 is 4.86. The third-order valence-corrected chi connectivity index (χ3v) is 2.13. The Bertz CT molecular complexity index is 170.